The van der Waals surface area contributed by atoms with Crippen LogP contribution in [0.4, 0.5) is 15.0 Å². The van der Waals surface area contributed by atoms with Crippen LogP contribution in [0.15, 0.2) is 36.5 Å². The summed E-state index contributed by atoms with van der Waals surface area (Å²) < 4.78 is 20.1. The predicted molar refractivity (Wildman–Crippen MR) is 89.7 cm³/mol. The van der Waals surface area contributed by atoms with Crippen molar-refractivity contribution in [3.05, 3.63) is 47.9 Å². The second-order valence-corrected chi connectivity index (χ2v) is 5.89. The number of aliphatic hydroxyl groups is 1. The molecule has 0 bridgehead atoms. The number of anilines is 1. The van der Waals surface area contributed by atoms with Crippen LogP contribution in [0.3, 0.4) is 0 Å². The van der Waals surface area contributed by atoms with Crippen molar-refractivity contribution in [1.82, 2.24) is 14.7 Å². The Bertz CT molecular complexity index is 736. The number of hydrogen-bond donors (Lipinski definition) is 2. The average molecular weight is 348 g/mol. The van der Waals surface area contributed by atoms with Crippen LogP contribution < -0.4 is 5.32 Å². The van der Waals surface area contributed by atoms with Crippen LogP contribution in [0, 0.1) is 5.82 Å². The molecule has 2 atom stereocenters. The highest BCUT2D eigenvalue weighted by atomic mass is 19.1. The molecule has 3 rings (SSSR count). The number of ether oxygens (including phenoxy) is 1. The molecule has 1 aromatic heterocycles. The topological polar surface area (TPSA) is 79.6 Å². The molecule has 2 amide bonds. The molecule has 8 heteroatoms. The molecule has 7 nitrogen and oxygen atoms in total. The van der Waals surface area contributed by atoms with E-state index in [9.17, 15) is 14.3 Å². The van der Waals surface area contributed by atoms with Gasteiger partial charge in [0, 0.05) is 12.6 Å². The SMILES string of the molecule is CCN(C(=O)Nc1ccnn1Cc1cccc(F)c1)[C@@H]1COC[C@H]1O. The number of rotatable bonds is 5. The van der Waals surface area contributed by atoms with Crippen molar-refractivity contribution < 1.29 is 19.0 Å². The van der Waals surface area contributed by atoms with Crippen LogP contribution in [0.5, 0.6) is 0 Å². The van der Waals surface area contributed by atoms with Crippen LogP contribution in [-0.4, -0.2) is 57.7 Å². The number of amides is 2. The van der Waals surface area contributed by atoms with Crippen molar-refractivity contribution >= 4 is 11.8 Å². The molecule has 0 radical (unpaired) electrons. The number of hydrogen-bond acceptors (Lipinski definition) is 4. The maximum absolute atomic E-state index is 13.3. The Balaban J connectivity index is 1.70. The highest BCUT2D eigenvalue weighted by Gasteiger charge is 2.34. The van der Waals surface area contributed by atoms with Crippen LogP contribution >= 0.6 is 0 Å². The van der Waals surface area contributed by atoms with Gasteiger partial charge in [0.15, 0.2) is 0 Å². The Morgan fingerprint density at radius 1 is 1.48 bits per heavy atom. The number of urea groups is 1. The van der Waals surface area contributed by atoms with Gasteiger partial charge in [-0.05, 0) is 24.6 Å². The smallest absolute Gasteiger partial charge is 0.323 e. The van der Waals surface area contributed by atoms with E-state index < -0.39 is 6.10 Å². The Kier molecular flexibility index (Phi) is 5.30. The first kappa shape index (κ1) is 17.4. The minimum atomic E-state index is -0.692. The first-order valence-electron chi connectivity index (χ1n) is 8.18. The summed E-state index contributed by atoms with van der Waals surface area (Å²) in [6.07, 6.45) is 0.876. The number of carbonyl (C=O) groups is 1. The van der Waals surface area contributed by atoms with Crippen molar-refractivity contribution in [3.63, 3.8) is 0 Å². The van der Waals surface area contributed by atoms with Crippen LogP contribution in [-0.2, 0) is 11.3 Å². The fourth-order valence-electron chi connectivity index (χ4n) is 2.91. The van der Waals surface area contributed by atoms with Gasteiger partial charge in [-0.25, -0.2) is 13.9 Å². The number of aliphatic hydroxyl groups excluding tert-OH is 1. The normalized spacial score (nSPS) is 19.8. The number of likely N-dealkylation sites (N-methyl/N-ethyl adjacent to an activating group) is 1. The van der Waals surface area contributed by atoms with Gasteiger partial charge in [-0.3, -0.25) is 5.32 Å². The van der Waals surface area contributed by atoms with Gasteiger partial charge in [0.2, 0.25) is 0 Å². The van der Waals surface area contributed by atoms with E-state index in [4.69, 9.17) is 4.74 Å². The number of aromatic nitrogens is 2. The second kappa shape index (κ2) is 7.62. The highest BCUT2D eigenvalue weighted by Crippen LogP contribution is 2.16. The van der Waals surface area contributed by atoms with E-state index in [1.807, 2.05) is 6.92 Å². The third-order valence-corrected chi connectivity index (χ3v) is 4.20. The van der Waals surface area contributed by atoms with Crippen molar-refractivity contribution in [3.8, 4) is 0 Å². The lowest BCUT2D eigenvalue weighted by Crippen LogP contribution is -2.48. The van der Waals surface area contributed by atoms with Gasteiger partial charge in [-0.2, -0.15) is 5.10 Å². The Labute approximate surface area is 145 Å². The Morgan fingerprint density at radius 2 is 2.32 bits per heavy atom. The van der Waals surface area contributed by atoms with Gasteiger partial charge >= 0.3 is 6.03 Å². The standard InChI is InChI=1S/C17H21FN4O3/c1-2-21(14-10-25-11-15(14)23)17(24)20-16-6-7-19-22(16)9-12-4-3-5-13(18)8-12/h3-8,14-15,23H,2,9-11H2,1H3,(H,20,24)/t14-,15-/m1/s1. The molecule has 134 valence electrons. The lowest BCUT2D eigenvalue weighted by atomic mass is 10.2. The molecule has 1 aliphatic heterocycles. The number of halogens is 1. The van der Waals surface area contributed by atoms with Gasteiger partial charge in [-0.15, -0.1) is 0 Å². The van der Waals surface area contributed by atoms with Gasteiger partial charge in [0.1, 0.15) is 11.6 Å². The lowest BCUT2D eigenvalue weighted by molar-refractivity contribution is 0.0999. The van der Waals surface area contributed by atoms with Crippen molar-refractivity contribution in [2.75, 3.05) is 25.1 Å². The quantitative estimate of drug-likeness (QED) is 0.862. The third-order valence-electron chi connectivity index (χ3n) is 4.20. The lowest BCUT2D eigenvalue weighted by Gasteiger charge is -2.28. The largest absolute Gasteiger partial charge is 0.388 e. The fraction of sp³-hybridized carbons (Fsp3) is 0.412. The van der Waals surface area contributed by atoms with Crippen LogP contribution in [0.1, 0.15) is 12.5 Å². The molecule has 2 N–H and O–H groups in total. The van der Waals surface area contributed by atoms with E-state index in [0.29, 0.717) is 25.5 Å². The van der Waals surface area contributed by atoms with E-state index in [-0.39, 0.29) is 24.5 Å². The van der Waals surface area contributed by atoms with Gasteiger partial charge in [-0.1, -0.05) is 12.1 Å². The fourth-order valence-corrected chi connectivity index (χ4v) is 2.91. The minimum absolute atomic E-state index is 0.228. The summed E-state index contributed by atoms with van der Waals surface area (Å²) in [5, 5.41) is 16.9. The van der Waals surface area contributed by atoms with Gasteiger partial charge in [0.25, 0.3) is 0 Å². The van der Waals surface area contributed by atoms with Gasteiger partial charge < -0.3 is 14.7 Å². The van der Waals surface area contributed by atoms with Crippen molar-refractivity contribution in [2.45, 2.75) is 25.6 Å². The van der Waals surface area contributed by atoms with E-state index >= 15 is 0 Å². The molecule has 1 fully saturated rings. The summed E-state index contributed by atoms with van der Waals surface area (Å²) in [5.74, 6) is 0.184. The number of benzene rings is 1. The first-order valence-corrected chi connectivity index (χ1v) is 8.18. The Morgan fingerprint density at radius 3 is 3.00 bits per heavy atom. The highest BCUT2D eigenvalue weighted by molar-refractivity contribution is 5.88. The Hall–Kier alpha value is -2.45. The van der Waals surface area contributed by atoms with E-state index in [0.717, 1.165) is 5.56 Å². The summed E-state index contributed by atoms with van der Waals surface area (Å²) >= 11 is 0. The zero-order valence-corrected chi connectivity index (χ0v) is 13.9. The molecule has 1 aliphatic rings. The van der Waals surface area contributed by atoms with Crippen molar-refractivity contribution in [2.24, 2.45) is 0 Å². The van der Waals surface area contributed by atoms with Crippen LogP contribution in [0.2, 0.25) is 0 Å². The summed E-state index contributed by atoms with van der Waals surface area (Å²) in [5.41, 5.74) is 0.742. The molecule has 25 heavy (non-hydrogen) atoms. The molecule has 1 aromatic carbocycles. The predicted octanol–water partition coefficient (Wildman–Crippen LogP) is 1.68. The molecule has 0 unspecified atom stereocenters. The summed E-state index contributed by atoms with van der Waals surface area (Å²) in [7, 11) is 0. The number of nitrogens with zero attached hydrogens (tertiary/aromatic N) is 3. The molecule has 1 saturated heterocycles. The molecule has 0 spiro atoms. The molecular formula is C17H21FN4O3. The molecular weight excluding hydrogens is 327 g/mol. The third kappa shape index (κ3) is 3.97. The first-order chi connectivity index (χ1) is 12.1. The maximum atomic E-state index is 13.3. The average Bonchev–Trinajstić information content (AvgIpc) is 3.18. The van der Waals surface area contributed by atoms with E-state index in [1.165, 1.54) is 17.0 Å². The minimum Gasteiger partial charge on any atom is -0.388 e. The van der Waals surface area contributed by atoms with E-state index in [1.54, 1.807) is 29.1 Å². The molecule has 0 saturated carbocycles. The number of nitrogens with one attached hydrogen (secondary N) is 1. The molecule has 2 aromatic rings. The monoisotopic (exact) mass is 348 g/mol. The summed E-state index contributed by atoms with van der Waals surface area (Å²) in [6, 6.07) is 7.20. The molecule has 2 heterocycles. The number of carbonyl (C=O) groups excluding carboxylic acids is 1. The summed E-state index contributed by atoms with van der Waals surface area (Å²) in [6.45, 7) is 3.15. The maximum Gasteiger partial charge on any atom is 0.323 e. The zero-order valence-electron chi connectivity index (χ0n) is 13.9. The second-order valence-electron chi connectivity index (χ2n) is 5.89. The van der Waals surface area contributed by atoms with Crippen LogP contribution in [0.25, 0.3) is 0 Å². The molecule has 0 aliphatic carbocycles. The zero-order chi connectivity index (χ0) is 17.8. The van der Waals surface area contributed by atoms with Crippen molar-refractivity contribution in [1.29, 1.82) is 0 Å². The van der Waals surface area contributed by atoms with Gasteiger partial charge in [0.05, 0.1) is 38.1 Å². The summed E-state index contributed by atoms with van der Waals surface area (Å²) in [4.78, 5) is 14.1. The van der Waals surface area contributed by atoms with E-state index in [2.05, 4.69) is 10.4 Å².